The summed E-state index contributed by atoms with van der Waals surface area (Å²) >= 11 is 0. The number of carboxylic acid groups (broad SMARTS) is 1. The van der Waals surface area contributed by atoms with E-state index in [4.69, 9.17) is 5.11 Å². The van der Waals surface area contributed by atoms with Crippen LogP contribution in [0.5, 0.6) is 0 Å². The van der Waals surface area contributed by atoms with Gasteiger partial charge in [0.15, 0.2) is 0 Å². The van der Waals surface area contributed by atoms with Crippen molar-refractivity contribution >= 4 is 11.9 Å². The molecule has 1 rings (SSSR count). The highest BCUT2D eigenvalue weighted by atomic mass is 19.1. The second-order valence-corrected chi connectivity index (χ2v) is 4.74. The molecule has 2 N–H and O–H groups in total. The Morgan fingerprint density at radius 1 is 1.42 bits per heavy atom. The number of hydrogen-bond acceptors (Lipinski definition) is 2. The molecule has 0 radical (unpaired) electrons. The topological polar surface area (TPSA) is 66.4 Å². The Bertz CT molecular complexity index is 476. The Morgan fingerprint density at radius 3 is 2.63 bits per heavy atom. The van der Waals surface area contributed by atoms with E-state index in [2.05, 4.69) is 5.32 Å². The zero-order chi connectivity index (χ0) is 14.5. The van der Waals surface area contributed by atoms with Crippen LogP contribution in [0.4, 0.5) is 4.39 Å². The molecule has 0 aliphatic carbocycles. The number of aliphatic carboxylic acids is 1. The van der Waals surface area contributed by atoms with Gasteiger partial charge in [-0.3, -0.25) is 4.79 Å². The van der Waals surface area contributed by atoms with Crippen molar-refractivity contribution in [3.8, 4) is 0 Å². The van der Waals surface area contributed by atoms with Gasteiger partial charge in [-0.15, -0.1) is 0 Å². The Labute approximate surface area is 111 Å². The first-order chi connectivity index (χ1) is 8.87. The second-order valence-electron chi connectivity index (χ2n) is 4.74. The molecular formula is C14H18FNO3. The van der Waals surface area contributed by atoms with E-state index in [1.807, 2.05) is 6.92 Å². The molecule has 0 fully saturated rings. The fourth-order valence-electron chi connectivity index (χ4n) is 1.91. The highest BCUT2D eigenvalue weighted by Gasteiger charge is 2.33. The SMILES string of the molecule is CCCC(C)(NC(=O)Cc1cccc(F)c1)C(=O)O. The van der Waals surface area contributed by atoms with Gasteiger partial charge in [-0.25, -0.2) is 9.18 Å². The Morgan fingerprint density at radius 2 is 2.11 bits per heavy atom. The maximum absolute atomic E-state index is 13.0. The molecule has 0 saturated carbocycles. The van der Waals surface area contributed by atoms with Crippen LogP contribution in [0.1, 0.15) is 32.3 Å². The van der Waals surface area contributed by atoms with Crippen LogP contribution in [0.3, 0.4) is 0 Å². The molecule has 5 heteroatoms. The predicted octanol–water partition coefficient (Wildman–Crippen LogP) is 2.13. The number of benzene rings is 1. The van der Waals surface area contributed by atoms with Gasteiger partial charge in [0.2, 0.25) is 5.91 Å². The maximum Gasteiger partial charge on any atom is 0.329 e. The van der Waals surface area contributed by atoms with E-state index in [-0.39, 0.29) is 6.42 Å². The first-order valence-corrected chi connectivity index (χ1v) is 6.16. The van der Waals surface area contributed by atoms with E-state index in [9.17, 15) is 14.0 Å². The van der Waals surface area contributed by atoms with Crippen LogP contribution >= 0.6 is 0 Å². The van der Waals surface area contributed by atoms with Gasteiger partial charge in [0.25, 0.3) is 0 Å². The van der Waals surface area contributed by atoms with Crippen LogP contribution in [0.15, 0.2) is 24.3 Å². The van der Waals surface area contributed by atoms with Crippen molar-refractivity contribution in [3.05, 3.63) is 35.6 Å². The van der Waals surface area contributed by atoms with Gasteiger partial charge >= 0.3 is 5.97 Å². The molecule has 0 aliphatic heterocycles. The molecule has 1 amide bonds. The number of carboxylic acids is 1. The van der Waals surface area contributed by atoms with Crippen LogP contribution in [-0.4, -0.2) is 22.5 Å². The quantitative estimate of drug-likeness (QED) is 0.829. The lowest BCUT2D eigenvalue weighted by atomic mass is 9.96. The van der Waals surface area contributed by atoms with E-state index in [0.29, 0.717) is 18.4 Å². The third-order valence-corrected chi connectivity index (χ3v) is 2.89. The summed E-state index contributed by atoms with van der Waals surface area (Å²) in [5.41, 5.74) is -0.763. The molecule has 4 nitrogen and oxygen atoms in total. The molecule has 0 saturated heterocycles. The molecule has 0 aromatic heterocycles. The molecule has 1 atom stereocenters. The van der Waals surface area contributed by atoms with Gasteiger partial charge in [-0.05, 0) is 31.0 Å². The molecule has 104 valence electrons. The summed E-state index contributed by atoms with van der Waals surface area (Å²) in [6.07, 6.45) is 0.949. The van der Waals surface area contributed by atoms with E-state index in [1.165, 1.54) is 25.1 Å². The summed E-state index contributed by atoms with van der Waals surface area (Å²) in [4.78, 5) is 23.0. The molecular weight excluding hydrogens is 249 g/mol. The van der Waals surface area contributed by atoms with Crippen molar-refractivity contribution in [2.75, 3.05) is 0 Å². The first-order valence-electron chi connectivity index (χ1n) is 6.16. The summed E-state index contributed by atoms with van der Waals surface area (Å²) < 4.78 is 13.0. The lowest BCUT2D eigenvalue weighted by Gasteiger charge is -2.25. The molecule has 0 aliphatic rings. The normalized spacial score (nSPS) is 13.6. The van der Waals surface area contributed by atoms with Crippen molar-refractivity contribution in [1.82, 2.24) is 5.32 Å². The Balaban J connectivity index is 2.71. The smallest absolute Gasteiger partial charge is 0.329 e. The fourth-order valence-corrected chi connectivity index (χ4v) is 1.91. The number of halogens is 1. The number of carbonyl (C=O) groups excluding carboxylic acids is 1. The molecule has 1 aromatic rings. The Hall–Kier alpha value is -1.91. The van der Waals surface area contributed by atoms with Crippen molar-refractivity contribution < 1.29 is 19.1 Å². The van der Waals surface area contributed by atoms with Gasteiger partial charge in [-0.2, -0.15) is 0 Å². The predicted molar refractivity (Wildman–Crippen MR) is 69.2 cm³/mol. The minimum Gasteiger partial charge on any atom is -0.480 e. The monoisotopic (exact) mass is 267 g/mol. The van der Waals surface area contributed by atoms with E-state index in [0.717, 1.165) is 0 Å². The number of carbonyl (C=O) groups is 2. The average molecular weight is 267 g/mol. The highest BCUT2D eigenvalue weighted by molar-refractivity contribution is 5.87. The average Bonchev–Trinajstić information content (AvgIpc) is 2.28. The van der Waals surface area contributed by atoms with Crippen LogP contribution < -0.4 is 5.32 Å². The zero-order valence-corrected chi connectivity index (χ0v) is 11.1. The van der Waals surface area contributed by atoms with E-state index < -0.39 is 23.2 Å². The van der Waals surface area contributed by atoms with Gasteiger partial charge in [0, 0.05) is 0 Å². The minimum absolute atomic E-state index is 0.0374. The molecule has 0 spiro atoms. The number of rotatable bonds is 6. The molecule has 19 heavy (non-hydrogen) atoms. The summed E-state index contributed by atoms with van der Waals surface area (Å²) in [7, 11) is 0. The highest BCUT2D eigenvalue weighted by Crippen LogP contribution is 2.13. The van der Waals surface area contributed by atoms with E-state index in [1.54, 1.807) is 6.07 Å². The van der Waals surface area contributed by atoms with E-state index >= 15 is 0 Å². The van der Waals surface area contributed by atoms with Crippen LogP contribution in [0, 0.1) is 5.82 Å². The van der Waals surface area contributed by atoms with Crippen molar-refractivity contribution in [2.24, 2.45) is 0 Å². The van der Waals surface area contributed by atoms with Crippen LogP contribution in [-0.2, 0) is 16.0 Å². The van der Waals surface area contributed by atoms with Gasteiger partial charge < -0.3 is 10.4 Å². The largest absolute Gasteiger partial charge is 0.480 e. The first kappa shape index (κ1) is 15.1. The zero-order valence-electron chi connectivity index (χ0n) is 11.1. The van der Waals surface area contributed by atoms with Crippen LogP contribution in [0.25, 0.3) is 0 Å². The number of amides is 1. The third kappa shape index (κ3) is 4.35. The van der Waals surface area contributed by atoms with Gasteiger partial charge in [-0.1, -0.05) is 25.5 Å². The molecule has 0 heterocycles. The lowest BCUT2D eigenvalue weighted by Crippen LogP contribution is -2.52. The molecule has 0 bridgehead atoms. The maximum atomic E-state index is 13.0. The summed E-state index contributed by atoms with van der Waals surface area (Å²) in [5, 5.41) is 11.6. The molecule has 1 unspecified atom stereocenters. The lowest BCUT2D eigenvalue weighted by molar-refractivity contribution is -0.147. The van der Waals surface area contributed by atoms with Crippen molar-refractivity contribution in [1.29, 1.82) is 0 Å². The third-order valence-electron chi connectivity index (χ3n) is 2.89. The standard InChI is InChI=1S/C14H18FNO3/c1-3-7-14(2,13(18)19)16-12(17)9-10-5-4-6-11(15)8-10/h4-6,8H,3,7,9H2,1-2H3,(H,16,17)(H,18,19). The Kier molecular flexibility index (Phi) is 5.03. The van der Waals surface area contributed by atoms with Crippen LogP contribution in [0.2, 0.25) is 0 Å². The van der Waals surface area contributed by atoms with Crippen molar-refractivity contribution in [2.45, 2.75) is 38.6 Å². The summed E-state index contributed by atoms with van der Waals surface area (Å²) in [6.45, 7) is 3.32. The number of hydrogen-bond donors (Lipinski definition) is 2. The second kappa shape index (κ2) is 6.31. The number of nitrogens with one attached hydrogen (secondary N) is 1. The van der Waals surface area contributed by atoms with Gasteiger partial charge in [0.1, 0.15) is 11.4 Å². The van der Waals surface area contributed by atoms with Crippen molar-refractivity contribution in [3.63, 3.8) is 0 Å². The summed E-state index contributed by atoms with van der Waals surface area (Å²) in [5.74, 6) is -1.91. The minimum atomic E-state index is -1.28. The summed E-state index contributed by atoms with van der Waals surface area (Å²) in [6, 6.07) is 5.69. The molecule has 1 aromatic carbocycles. The van der Waals surface area contributed by atoms with Gasteiger partial charge in [0.05, 0.1) is 6.42 Å². The fraction of sp³-hybridized carbons (Fsp3) is 0.429.